The molecule has 0 aliphatic heterocycles. The zero-order valence-corrected chi connectivity index (χ0v) is 18.3. The van der Waals surface area contributed by atoms with Crippen LogP contribution in [0.3, 0.4) is 0 Å². The Labute approximate surface area is 174 Å². The number of nitrogens with zero attached hydrogens (tertiary/aromatic N) is 2. The highest BCUT2D eigenvalue weighted by atomic mass is 32.2. The highest BCUT2D eigenvalue weighted by Crippen LogP contribution is 2.23. The molecule has 1 heterocycles. The molecule has 0 aliphatic carbocycles. The molecular formula is C20H24N4O3S2. The van der Waals surface area contributed by atoms with Crippen molar-refractivity contribution in [3.63, 3.8) is 0 Å². The number of aromatic nitrogens is 2. The summed E-state index contributed by atoms with van der Waals surface area (Å²) in [4.78, 5) is 12.9. The monoisotopic (exact) mass is 432 g/mol. The van der Waals surface area contributed by atoms with E-state index in [0.29, 0.717) is 5.13 Å². The van der Waals surface area contributed by atoms with Crippen molar-refractivity contribution in [3.05, 3.63) is 47.5 Å². The molecule has 0 saturated heterocycles. The number of carbonyl (C=O) groups is 1. The lowest BCUT2D eigenvalue weighted by Gasteiger charge is -2.21. The van der Waals surface area contributed by atoms with Crippen molar-refractivity contribution in [1.82, 2.24) is 14.9 Å². The molecule has 3 aromatic rings. The quantitative estimate of drug-likeness (QED) is 0.592. The van der Waals surface area contributed by atoms with E-state index in [4.69, 9.17) is 0 Å². The number of sulfonamides is 1. The molecule has 1 amide bonds. The van der Waals surface area contributed by atoms with Crippen LogP contribution in [0.5, 0.6) is 0 Å². The topological polar surface area (TPSA) is 101 Å². The summed E-state index contributed by atoms with van der Waals surface area (Å²) >= 11 is 1.28. The average Bonchev–Trinajstić information content (AvgIpc) is 3.14. The van der Waals surface area contributed by atoms with Crippen molar-refractivity contribution in [3.8, 4) is 0 Å². The number of hydrogen-bond donors (Lipinski definition) is 2. The Morgan fingerprint density at radius 2 is 1.69 bits per heavy atom. The summed E-state index contributed by atoms with van der Waals surface area (Å²) in [6, 6.07) is 11.5. The first-order chi connectivity index (χ1) is 13.7. The summed E-state index contributed by atoms with van der Waals surface area (Å²) in [6.45, 7) is 7.54. The van der Waals surface area contributed by atoms with Gasteiger partial charge in [0.05, 0.1) is 4.90 Å². The summed E-state index contributed by atoms with van der Waals surface area (Å²) in [5.41, 5.74) is 0. The van der Waals surface area contributed by atoms with Gasteiger partial charge in [-0.25, -0.2) is 8.42 Å². The van der Waals surface area contributed by atoms with Crippen molar-refractivity contribution >= 4 is 43.2 Å². The van der Waals surface area contributed by atoms with Gasteiger partial charge in [0.2, 0.25) is 21.1 Å². The van der Waals surface area contributed by atoms with Gasteiger partial charge in [-0.3, -0.25) is 10.1 Å². The number of benzene rings is 2. The minimum Gasteiger partial charge on any atom is -0.299 e. The third-order valence-electron chi connectivity index (χ3n) is 4.43. The number of hydrogen-bond acceptors (Lipinski definition) is 6. The normalized spacial score (nSPS) is 13.2. The van der Waals surface area contributed by atoms with Crippen LogP contribution < -0.4 is 10.0 Å². The molecule has 1 atom stereocenters. The second-order valence-corrected chi connectivity index (χ2v) is 10.2. The highest BCUT2D eigenvalue weighted by Gasteiger charge is 2.29. The van der Waals surface area contributed by atoms with Crippen LogP contribution in [0.2, 0.25) is 0 Å². The summed E-state index contributed by atoms with van der Waals surface area (Å²) in [7, 11) is -3.88. The first kappa shape index (κ1) is 21.4. The fraction of sp³-hybridized carbons (Fsp3) is 0.350. The van der Waals surface area contributed by atoms with E-state index in [1.807, 2.05) is 38.1 Å². The van der Waals surface area contributed by atoms with Crippen molar-refractivity contribution in [1.29, 1.82) is 0 Å². The zero-order chi connectivity index (χ0) is 21.2. The third-order valence-corrected chi connectivity index (χ3v) is 7.01. The fourth-order valence-corrected chi connectivity index (χ4v) is 4.89. The second kappa shape index (κ2) is 8.56. The van der Waals surface area contributed by atoms with Crippen molar-refractivity contribution in [2.75, 3.05) is 5.32 Å². The third kappa shape index (κ3) is 4.98. The smallest absolute Gasteiger partial charge is 0.244 e. The van der Waals surface area contributed by atoms with E-state index in [1.165, 1.54) is 11.3 Å². The second-order valence-electron chi connectivity index (χ2n) is 7.44. The van der Waals surface area contributed by atoms with E-state index < -0.39 is 22.0 Å². The molecule has 0 saturated carbocycles. The molecular weight excluding hydrogens is 408 g/mol. The van der Waals surface area contributed by atoms with Crippen LogP contribution in [0.1, 0.15) is 38.6 Å². The van der Waals surface area contributed by atoms with Crippen molar-refractivity contribution < 1.29 is 13.2 Å². The molecule has 2 aromatic carbocycles. The first-order valence-electron chi connectivity index (χ1n) is 9.33. The Balaban J connectivity index is 1.81. The molecule has 1 unspecified atom stereocenters. The molecule has 0 bridgehead atoms. The van der Waals surface area contributed by atoms with Crippen LogP contribution in [-0.4, -0.2) is 30.6 Å². The Hall–Kier alpha value is -2.36. The van der Waals surface area contributed by atoms with Crippen LogP contribution in [0.4, 0.5) is 5.13 Å². The molecule has 9 heteroatoms. The standard InChI is InChI=1S/C20H24N4O3S2/c1-12(2)17(18(25)21-20-23-22-19(28-20)13(3)4)24-29(26,27)16-10-9-14-7-5-6-8-15(14)11-16/h5-13,17,24H,1-4H3,(H,21,23,25). The van der Waals surface area contributed by atoms with Crippen LogP contribution in [0.25, 0.3) is 10.8 Å². The van der Waals surface area contributed by atoms with E-state index in [2.05, 4.69) is 20.2 Å². The van der Waals surface area contributed by atoms with Gasteiger partial charge in [-0.1, -0.05) is 69.4 Å². The molecule has 3 rings (SSSR count). The maximum absolute atomic E-state index is 12.9. The van der Waals surface area contributed by atoms with Gasteiger partial charge in [-0.05, 0) is 28.8 Å². The van der Waals surface area contributed by atoms with Crippen LogP contribution in [0.15, 0.2) is 47.4 Å². The van der Waals surface area contributed by atoms with Crippen molar-refractivity contribution in [2.45, 2.75) is 44.6 Å². The molecule has 0 spiro atoms. The van der Waals surface area contributed by atoms with E-state index >= 15 is 0 Å². The minimum atomic E-state index is -3.88. The number of amides is 1. The van der Waals surface area contributed by atoms with E-state index in [-0.39, 0.29) is 16.7 Å². The summed E-state index contributed by atoms with van der Waals surface area (Å²) in [5.74, 6) is -0.524. The number of carbonyl (C=O) groups excluding carboxylic acids is 1. The summed E-state index contributed by atoms with van der Waals surface area (Å²) in [5, 5.41) is 13.6. The largest absolute Gasteiger partial charge is 0.299 e. The molecule has 0 fully saturated rings. The number of fused-ring (bicyclic) bond motifs is 1. The number of anilines is 1. The molecule has 2 N–H and O–H groups in total. The molecule has 154 valence electrons. The predicted octanol–water partition coefficient (Wildman–Crippen LogP) is 3.76. The van der Waals surface area contributed by atoms with E-state index in [0.717, 1.165) is 15.8 Å². The van der Waals surface area contributed by atoms with Gasteiger partial charge >= 0.3 is 0 Å². The number of rotatable bonds is 7. The van der Waals surface area contributed by atoms with Crippen LogP contribution >= 0.6 is 11.3 Å². The zero-order valence-electron chi connectivity index (χ0n) is 16.7. The Kier molecular flexibility index (Phi) is 6.30. The van der Waals surface area contributed by atoms with Gasteiger partial charge in [0.15, 0.2) is 0 Å². The maximum atomic E-state index is 12.9. The molecule has 0 radical (unpaired) electrons. The highest BCUT2D eigenvalue weighted by molar-refractivity contribution is 7.89. The lowest BCUT2D eigenvalue weighted by Crippen LogP contribution is -2.47. The fourth-order valence-electron chi connectivity index (χ4n) is 2.76. The van der Waals surface area contributed by atoms with Gasteiger partial charge < -0.3 is 0 Å². The van der Waals surface area contributed by atoms with Crippen molar-refractivity contribution in [2.24, 2.45) is 5.92 Å². The molecule has 7 nitrogen and oxygen atoms in total. The predicted molar refractivity (Wildman–Crippen MR) is 116 cm³/mol. The van der Waals surface area contributed by atoms with Gasteiger partial charge in [0, 0.05) is 5.92 Å². The van der Waals surface area contributed by atoms with Crippen LogP contribution in [-0.2, 0) is 14.8 Å². The summed E-state index contributed by atoms with van der Waals surface area (Å²) < 4.78 is 28.4. The van der Waals surface area contributed by atoms with E-state index in [1.54, 1.807) is 32.0 Å². The molecule has 1 aromatic heterocycles. The van der Waals surface area contributed by atoms with Gasteiger partial charge in [0.25, 0.3) is 0 Å². The SMILES string of the molecule is CC(C)c1nnc(NC(=O)C(NS(=O)(=O)c2ccc3ccccc3c2)C(C)C)s1. The Morgan fingerprint density at radius 1 is 1.00 bits per heavy atom. The van der Waals surface area contributed by atoms with Gasteiger partial charge in [0.1, 0.15) is 11.0 Å². The Bertz CT molecular complexity index is 1120. The molecule has 0 aliphatic rings. The summed E-state index contributed by atoms with van der Waals surface area (Å²) in [6.07, 6.45) is 0. The van der Waals surface area contributed by atoms with Gasteiger partial charge in [-0.2, -0.15) is 4.72 Å². The lowest BCUT2D eigenvalue weighted by atomic mass is 10.1. The molecule has 29 heavy (non-hydrogen) atoms. The first-order valence-corrected chi connectivity index (χ1v) is 11.6. The maximum Gasteiger partial charge on any atom is 0.244 e. The number of nitrogens with one attached hydrogen (secondary N) is 2. The Morgan fingerprint density at radius 3 is 2.31 bits per heavy atom. The van der Waals surface area contributed by atoms with Gasteiger partial charge in [-0.15, -0.1) is 10.2 Å². The van der Waals surface area contributed by atoms with Crippen LogP contribution in [0, 0.1) is 5.92 Å². The van der Waals surface area contributed by atoms with E-state index in [9.17, 15) is 13.2 Å². The lowest BCUT2D eigenvalue weighted by molar-refractivity contribution is -0.118. The minimum absolute atomic E-state index is 0.118. The average molecular weight is 433 g/mol.